The molecule has 0 spiro atoms. The molecule has 1 aliphatic carbocycles. The van der Waals surface area contributed by atoms with Crippen LogP contribution < -0.4 is 5.32 Å². The SMILES string of the molecule is CCC(CC)NC1CCCCCCCCCCC1. The molecule has 1 nitrogen and oxygen atoms in total. The third-order valence-corrected chi connectivity index (χ3v) is 4.56. The Morgan fingerprint density at radius 3 is 1.50 bits per heavy atom. The van der Waals surface area contributed by atoms with Crippen molar-refractivity contribution >= 4 is 0 Å². The molecule has 108 valence electrons. The van der Waals surface area contributed by atoms with Crippen molar-refractivity contribution in [3.05, 3.63) is 0 Å². The van der Waals surface area contributed by atoms with E-state index in [9.17, 15) is 0 Å². The molecule has 1 aliphatic rings. The minimum atomic E-state index is 0.753. The molecule has 0 atom stereocenters. The van der Waals surface area contributed by atoms with Gasteiger partial charge in [-0.2, -0.15) is 0 Å². The van der Waals surface area contributed by atoms with Gasteiger partial charge in [0.25, 0.3) is 0 Å². The molecule has 0 bridgehead atoms. The van der Waals surface area contributed by atoms with Gasteiger partial charge in [-0.3, -0.25) is 0 Å². The molecular weight excluding hydrogens is 218 g/mol. The summed E-state index contributed by atoms with van der Waals surface area (Å²) < 4.78 is 0. The third kappa shape index (κ3) is 7.41. The van der Waals surface area contributed by atoms with E-state index in [1.54, 1.807) is 0 Å². The van der Waals surface area contributed by atoms with E-state index in [-0.39, 0.29) is 0 Å². The van der Waals surface area contributed by atoms with Crippen LogP contribution in [-0.2, 0) is 0 Å². The summed E-state index contributed by atoms with van der Waals surface area (Å²) in [6, 6.07) is 1.55. The van der Waals surface area contributed by atoms with Crippen LogP contribution in [0.15, 0.2) is 0 Å². The highest BCUT2D eigenvalue weighted by molar-refractivity contribution is 4.73. The normalized spacial score (nSPS) is 21.5. The number of rotatable bonds is 4. The summed E-state index contributed by atoms with van der Waals surface area (Å²) in [6.07, 6.45) is 18.6. The van der Waals surface area contributed by atoms with E-state index in [1.807, 2.05) is 0 Å². The summed E-state index contributed by atoms with van der Waals surface area (Å²) in [5.41, 5.74) is 0. The van der Waals surface area contributed by atoms with Gasteiger partial charge in [-0.15, -0.1) is 0 Å². The summed E-state index contributed by atoms with van der Waals surface area (Å²) in [7, 11) is 0. The van der Waals surface area contributed by atoms with Gasteiger partial charge in [-0.1, -0.05) is 71.6 Å². The molecule has 1 N–H and O–H groups in total. The first-order valence-electron chi connectivity index (χ1n) is 8.62. The van der Waals surface area contributed by atoms with Gasteiger partial charge in [0.05, 0.1) is 0 Å². The Hall–Kier alpha value is -0.0400. The van der Waals surface area contributed by atoms with Crippen molar-refractivity contribution in [1.29, 1.82) is 0 Å². The van der Waals surface area contributed by atoms with E-state index >= 15 is 0 Å². The van der Waals surface area contributed by atoms with Gasteiger partial charge in [-0.05, 0) is 25.7 Å². The van der Waals surface area contributed by atoms with Crippen molar-refractivity contribution in [2.45, 2.75) is 109 Å². The van der Waals surface area contributed by atoms with Crippen LogP contribution in [0.2, 0.25) is 0 Å². The Balaban J connectivity index is 2.31. The van der Waals surface area contributed by atoms with Crippen molar-refractivity contribution in [2.24, 2.45) is 0 Å². The Labute approximate surface area is 115 Å². The highest BCUT2D eigenvalue weighted by atomic mass is 14.9. The molecule has 0 aromatic carbocycles. The fourth-order valence-electron chi connectivity index (χ4n) is 3.19. The smallest absolute Gasteiger partial charge is 0.00696 e. The first-order chi connectivity index (χ1) is 8.86. The molecule has 0 unspecified atom stereocenters. The zero-order valence-corrected chi connectivity index (χ0v) is 12.8. The van der Waals surface area contributed by atoms with Crippen LogP contribution in [0.25, 0.3) is 0 Å². The summed E-state index contributed by atoms with van der Waals surface area (Å²) in [5.74, 6) is 0. The van der Waals surface area contributed by atoms with Gasteiger partial charge in [0.15, 0.2) is 0 Å². The van der Waals surface area contributed by atoms with Crippen LogP contribution in [0, 0.1) is 0 Å². The molecule has 0 aromatic rings. The minimum Gasteiger partial charge on any atom is -0.311 e. The minimum absolute atomic E-state index is 0.753. The highest BCUT2D eigenvalue weighted by Gasteiger charge is 2.12. The summed E-state index contributed by atoms with van der Waals surface area (Å²) in [4.78, 5) is 0. The van der Waals surface area contributed by atoms with E-state index < -0.39 is 0 Å². The molecule has 18 heavy (non-hydrogen) atoms. The second-order valence-electron chi connectivity index (χ2n) is 6.14. The van der Waals surface area contributed by atoms with Crippen molar-refractivity contribution < 1.29 is 0 Å². The third-order valence-electron chi connectivity index (χ3n) is 4.56. The predicted octanol–water partition coefficient (Wildman–Crippen LogP) is 5.44. The molecule has 0 radical (unpaired) electrons. The Morgan fingerprint density at radius 2 is 1.11 bits per heavy atom. The standard InChI is InChI=1S/C17H35N/c1-3-16(4-2)18-17-14-12-10-8-6-5-7-9-11-13-15-17/h16-18H,3-15H2,1-2H3. The van der Waals surface area contributed by atoms with Gasteiger partial charge in [0.1, 0.15) is 0 Å². The zero-order valence-electron chi connectivity index (χ0n) is 12.8. The largest absolute Gasteiger partial charge is 0.311 e. The molecule has 1 saturated carbocycles. The second-order valence-corrected chi connectivity index (χ2v) is 6.14. The second kappa shape index (κ2) is 10.8. The summed E-state index contributed by atoms with van der Waals surface area (Å²) in [6.45, 7) is 4.63. The van der Waals surface area contributed by atoms with E-state index in [0.717, 1.165) is 12.1 Å². The lowest BCUT2D eigenvalue weighted by molar-refractivity contribution is 0.351. The highest BCUT2D eigenvalue weighted by Crippen LogP contribution is 2.17. The van der Waals surface area contributed by atoms with Crippen LogP contribution in [0.1, 0.15) is 97.3 Å². The van der Waals surface area contributed by atoms with Crippen molar-refractivity contribution in [2.75, 3.05) is 0 Å². The number of hydrogen-bond donors (Lipinski definition) is 1. The fraction of sp³-hybridized carbons (Fsp3) is 1.00. The molecule has 0 heterocycles. The van der Waals surface area contributed by atoms with Crippen LogP contribution in [-0.4, -0.2) is 12.1 Å². The van der Waals surface area contributed by atoms with E-state index in [1.165, 1.54) is 83.5 Å². The zero-order chi connectivity index (χ0) is 13.1. The van der Waals surface area contributed by atoms with Gasteiger partial charge in [0, 0.05) is 12.1 Å². The fourth-order valence-corrected chi connectivity index (χ4v) is 3.19. The van der Waals surface area contributed by atoms with Gasteiger partial charge < -0.3 is 5.32 Å². The van der Waals surface area contributed by atoms with Gasteiger partial charge in [0.2, 0.25) is 0 Å². The van der Waals surface area contributed by atoms with E-state index in [2.05, 4.69) is 19.2 Å². The summed E-state index contributed by atoms with van der Waals surface area (Å²) >= 11 is 0. The first-order valence-corrected chi connectivity index (χ1v) is 8.62. The van der Waals surface area contributed by atoms with Crippen LogP contribution >= 0.6 is 0 Å². The Bertz CT molecular complexity index is 162. The average molecular weight is 253 g/mol. The Kier molecular flexibility index (Phi) is 9.65. The maximum atomic E-state index is 3.91. The van der Waals surface area contributed by atoms with Crippen molar-refractivity contribution in [3.8, 4) is 0 Å². The molecule has 1 heteroatoms. The lowest BCUT2D eigenvalue weighted by atomic mass is 9.97. The molecule has 0 aliphatic heterocycles. The number of nitrogens with one attached hydrogen (secondary N) is 1. The average Bonchev–Trinajstić information content (AvgIpc) is 2.38. The molecule has 0 saturated heterocycles. The van der Waals surface area contributed by atoms with Crippen LogP contribution in [0.4, 0.5) is 0 Å². The lowest BCUT2D eigenvalue weighted by Gasteiger charge is -2.25. The van der Waals surface area contributed by atoms with Crippen LogP contribution in [0.3, 0.4) is 0 Å². The van der Waals surface area contributed by atoms with Gasteiger partial charge >= 0.3 is 0 Å². The Morgan fingerprint density at radius 1 is 0.722 bits per heavy atom. The molecule has 0 amide bonds. The van der Waals surface area contributed by atoms with Crippen molar-refractivity contribution in [1.82, 2.24) is 5.32 Å². The van der Waals surface area contributed by atoms with E-state index in [4.69, 9.17) is 0 Å². The molecule has 1 rings (SSSR count). The topological polar surface area (TPSA) is 12.0 Å². The maximum absolute atomic E-state index is 3.91. The quantitative estimate of drug-likeness (QED) is 0.703. The van der Waals surface area contributed by atoms with Crippen molar-refractivity contribution in [3.63, 3.8) is 0 Å². The maximum Gasteiger partial charge on any atom is 0.00696 e. The monoisotopic (exact) mass is 253 g/mol. The predicted molar refractivity (Wildman–Crippen MR) is 82.1 cm³/mol. The molecule has 1 fully saturated rings. The van der Waals surface area contributed by atoms with Crippen LogP contribution in [0.5, 0.6) is 0 Å². The number of hydrogen-bond acceptors (Lipinski definition) is 1. The van der Waals surface area contributed by atoms with Gasteiger partial charge in [-0.25, -0.2) is 0 Å². The molecule has 0 aromatic heterocycles. The molecular formula is C17H35N. The summed E-state index contributed by atoms with van der Waals surface area (Å²) in [5, 5.41) is 3.91. The lowest BCUT2D eigenvalue weighted by Crippen LogP contribution is -2.37. The first kappa shape index (κ1) is 16.0. The van der Waals surface area contributed by atoms with E-state index in [0.29, 0.717) is 0 Å².